The fourth-order valence-corrected chi connectivity index (χ4v) is 3.15. The highest BCUT2D eigenvalue weighted by Gasteiger charge is 2.15. The van der Waals surface area contributed by atoms with Gasteiger partial charge in [0.15, 0.2) is 0 Å². The van der Waals surface area contributed by atoms with E-state index in [-0.39, 0.29) is 6.09 Å². The Hall–Kier alpha value is -0.730. The Kier molecular flexibility index (Phi) is 16.6. The number of ether oxygens (including phenoxy) is 1. The van der Waals surface area contributed by atoms with E-state index in [0.29, 0.717) is 12.5 Å². The Balaban J connectivity index is 4.11. The van der Waals surface area contributed by atoms with Crippen molar-refractivity contribution in [1.82, 2.24) is 4.90 Å². The monoisotopic (exact) mass is 341 g/mol. The molecule has 0 heterocycles. The first-order valence-corrected chi connectivity index (χ1v) is 10.6. The van der Waals surface area contributed by atoms with E-state index in [1.54, 1.807) is 4.90 Å². The van der Waals surface area contributed by atoms with Crippen LogP contribution in [-0.4, -0.2) is 30.7 Å². The number of amides is 1. The van der Waals surface area contributed by atoms with Crippen molar-refractivity contribution in [3.63, 3.8) is 0 Å². The van der Waals surface area contributed by atoms with Gasteiger partial charge in [-0.05, 0) is 32.6 Å². The van der Waals surface area contributed by atoms with Gasteiger partial charge in [0.2, 0.25) is 0 Å². The molecule has 0 saturated carbocycles. The van der Waals surface area contributed by atoms with Gasteiger partial charge in [-0.1, -0.05) is 78.1 Å². The summed E-state index contributed by atoms with van der Waals surface area (Å²) in [6, 6.07) is 0. The largest absolute Gasteiger partial charge is 0.449 e. The van der Waals surface area contributed by atoms with Crippen LogP contribution in [0.5, 0.6) is 0 Å². The van der Waals surface area contributed by atoms with Crippen molar-refractivity contribution < 1.29 is 9.53 Å². The Morgan fingerprint density at radius 2 is 1.21 bits per heavy atom. The van der Waals surface area contributed by atoms with Crippen molar-refractivity contribution >= 4 is 6.09 Å². The van der Waals surface area contributed by atoms with Gasteiger partial charge in [-0.15, -0.1) is 0 Å². The predicted molar refractivity (Wildman–Crippen MR) is 105 cm³/mol. The van der Waals surface area contributed by atoms with Crippen LogP contribution < -0.4 is 0 Å². The third-order valence-corrected chi connectivity index (χ3v) is 4.90. The van der Waals surface area contributed by atoms with E-state index in [1.165, 1.54) is 77.0 Å². The van der Waals surface area contributed by atoms with Gasteiger partial charge in [0.25, 0.3) is 0 Å². The molecule has 0 rings (SSSR count). The van der Waals surface area contributed by atoms with Gasteiger partial charge >= 0.3 is 6.09 Å². The topological polar surface area (TPSA) is 29.5 Å². The summed E-state index contributed by atoms with van der Waals surface area (Å²) in [5.41, 5.74) is 0. The third-order valence-electron chi connectivity index (χ3n) is 4.90. The van der Waals surface area contributed by atoms with Crippen molar-refractivity contribution in [2.45, 2.75) is 105 Å². The normalized spacial score (nSPS) is 11.0. The highest BCUT2D eigenvalue weighted by molar-refractivity contribution is 5.67. The van der Waals surface area contributed by atoms with Crippen LogP contribution in [0.4, 0.5) is 4.79 Å². The molecule has 24 heavy (non-hydrogen) atoms. The van der Waals surface area contributed by atoms with Gasteiger partial charge in [0, 0.05) is 13.1 Å². The SMILES string of the molecule is CCCCCCCC(CCCCCCC)COC(=O)N(CC)CC. The second-order valence-corrected chi connectivity index (χ2v) is 7.02. The molecular weight excluding hydrogens is 298 g/mol. The summed E-state index contributed by atoms with van der Waals surface area (Å²) >= 11 is 0. The number of nitrogens with zero attached hydrogens (tertiary/aromatic N) is 1. The first-order valence-electron chi connectivity index (χ1n) is 10.6. The van der Waals surface area contributed by atoms with E-state index >= 15 is 0 Å². The fourth-order valence-electron chi connectivity index (χ4n) is 3.15. The summed E-state index contributed by atoms with van der Waals surface area (Å²) < 4.78 is 5.59. The Morgan fingerprint density at radius 1 is 0.750 bits per heavy atom. The van der Waals surface area contributed by atoms with Gasteiger partial charge < -0.3 is 9.64 Å². The van der Waals surface area contributed by atoms with E-state index in [4.69, 9.17) is 4.74 Å². The van der Waals surface area contributed by atoms with Crippen LogP contribution in [0, 0.1) is 5.92 Å². The van der Waals surface area contributed by atoms with Gasteiger partial charge in [-0.3, -0.25) is 0 Å². The molecule has 0 aromatic rings. The molecule has 0 spiro atoms. The quantitative estimate of drug-likeness (QED) is 0.289. The van der Waals surface area contributed by atoms with Gasteiger partial charge in [-0.25, -0.2) is 4.79 Å². The predicted octanol–water partition coefficient (Wildman–Crippen LogP) is 6.80. The smallest absolute Gasteiger partial charge is 0.409 e. The molecule has 1 amide bonds. The summed E-state index contributed by atoms with van der Waals surface area (Å²) in [5, 5.41) is 0. The molecule has 0 aromatic heterocycles. The Bertz CT molecular complexity index is 263. The van der Waals surface area contributed by atoms with Crippen LogP contribution in [0.1, 0.15) is 105 Å². The van der Waals surface area contributed by atoms with Crippen LogP contribution in [-0.2, 0) is 4.74 Å². The summed E-state index contributed by atoms with van der Waals surface area (Å²) in [7, 11) is 0. The van der Waals surface area contributed by atoms with Crippen molar-refractivity contribution in [2.24, 2.45) is 5.92 Å². The number of unbranched alkanes of at least 4 members (excludes halogenated alkanes) is 8. The van der Waals surface area contributed by atoms with E-state index < -0.39 is 0 Å². The van der Waals surface area contributed by atoms with Crippen molar-refractivity contribution in [3.05, 3.63) is 0 Å². The molecule has 0 aliphatic rings. The molecule has 0 aliphatic heterocycles. The van der Waals surface area contributed by atoms with Gasteiger partial charge in [0.1, 0.15) is 0 Å². The lowest BCUT2D eigenvalue weighted by Gasteiger charge is -2.21. The molecule has 0 atom stereocenters. The van der Waals surface area contributed by atoms with Crippen LogP contribution in [0.2, 0.25) is 0 Å². The lowest BCUT2D eigenvalue weighted by atomic mass is 9.95. The second-order valence-electron chi connectivity index (χ2n) is 7.02. The minimum absolute atomic E-state index is 0.137. The molecule has 0 radical (unpaired) electrons. The van der Waals surface area contributed by atoms with Crippen molar-refractivity contribution in [3.8, 4) is 0 Å². The standard InChI is InChI=1S/C21H43NO2/c1-5-9-11-13-15-17-20(18-16-14-12-10-6-2)19-24-21(23)22(7-3)8-4/h20H,5-19H2,1-4H3. The van der Waals surface area contributed by atoms with E-state index in [1.807, 2.05) is 13.8 Å². The molecular formula is C21H43NO2. The molecule has 144 valence electrons. The molecule has 0 aromatic carbocycles. The molecule has 0 N–H and O–H groups in total. The fraction of sp³-hybridized carbons (Fsp3) is 0.952. The maximum absolute atomic E-state index is 12.0. The van der Waals surface area contributed by atoms with Gasteiger partial charge in [0.05, 0.1) is 6.61 Å². The van der Waals surface area contributed by atoms with Crippen LogP contribution in [0.25, 0.3) is 0 Å². The van der Waals surface area contributed by atoms with E-state index in [0.717, 1.165) is 13.1 Å². The zero-order valence-electron chi connectivity index (χ0n) is 16.9. The number of carbonyl (C=O) groups is 1. The van der Waals surface area contributed by atoms with Crippen LogP contribution in [0.3, 0.4) is 0 Å². The first-order chi connectivity index (χ1) is 11.7. The highest BCUT2D eigenvalue weighted by atomic mass is 16.6. The third kappa shape index (κ3) is 12.7. The summed E-state index contributed by atoms with van der Waals surface area (Å²) in [5.74, 6) is 0.549. The Labute approximate surface area is 151 Å². The van der Waals surface area contributed by atoms with Crippen LogP contribution >= 0.6 is 0 Å². The molecule has 0 bridgehead atoms. The Morgan fingerprint density at radius 3 is 1.62 bits per heavy atom. The lowest BCUT2D eigenvalue weighted by Crippen LogP contribution is -2.32. The zero-order valence-corrected chi connectivity index (χ0v) is 16.9. The molecule has 3 nitrogen and oxygen atoms in total. The minimum Gasteiger partial charge on any atom is -0.449 e. The minimum atomic E-state index is -0.137. The van der Waals surface area contributed by atoms with E-state index in [9.17, 15) is 4.79 Å². The number of rotatable bonds is 16. The molecule has 0 saturated heterocycles. The number of carbonyl (C=O) groups excluding carboxylic acids is 1. The lowest BCUT2D eigenvalue weighted by molar-refractivity contribution is 0.0863. The average Bonchev–Trinajstić information content (AvgIpc) is 2.59. The summed E-state index contributed by atoms with van der Waals surface area (Å²) in [6.07, 6.45) is 15.5. The van der Waals surface area contributed by atoms with Crippen molar-refractivity contribution in [1.29, 1.82) is 0 Å². The first kappa shape index (κ1) is 23.3. The van der Waals surface area contributed by atoms with E-state index in [2.05, 4.69) is 13.8 Å². The molecule has 3 heteroatoms. The highest BCUT2D eigenvalue weighted by Crippen LogP contribution is 2.19. The maximum Gasteiger partial charge on any atom is 0.409 e. The maximum atomic E-state index is 12.0. The average molecular weight is 342 g/mol. The number of hydrogen-bond donors (Lipinski definition) is 0. The molecule has 0 unspecified atom stereocenters. The summed E-state index contributed by atoms with van der Waals surface area (Å²) in [4.78, 5) is 13.8. The number of hydrogen-bond acceptors (Lipinski definition) is 2. The molecule has 0 aliphatic carbocycles. The summed E-state index contributed by atoms with van der Waals surface area (Å²) in [6.45, 7) is 10.6. The second kappa shape index (κ2) is 17.1. The van der Waals surface area contributed by atoms with Crippen molar-refractivity contribution in [2.75, 3.05) is 19.7 Å². The molecule has 0 fully saturated rings. The van der Waals surface area contributed by atoms with Gasteiger partial charge in [-0.2, -0.15) is 0 Å². The van der Waals surface area contributed by atoms with Crippen LogP contribution in [0.15, 0.2) is 0 Å². The zero-order chi connectivity index (χ0) is 18.0.